The van der Waals surface area contributed by atoms with E-state index in [1.807, 2.05) is 48.5 Å². The summed E-state index contributed by atoms with van der Waals surface area (Å²) in [5.41, 5.74) is 1.71. The van der Waals surface area contributed by atoms with Gasteiger partial charge in [-0.05, 0) is 11.1 Å². The zero-order chi connectivity index (χ0) is 18.8. The van der Waals surface area contributed by atoms with Gasteiger partial charge in [0.25, 0.3) is 10.1 Å². The summed E-state index contributed by atoms with van der Waals surface area (Å²) in [6.45, 7) is 0.217. The maximum atomic E-state index is 11.9. The van der Waals surface area contributed by atoms with Gasteiger partial charge in [0, 0.05) is 0 Å². The number of ether oxygens (including phenoxy) is 2. The molecular formula is C18H21NO6S. The molecule has 0 heterocycles. The number of alkyl carbamates (subject to hydrolysis) is 1. The Labute approximate surface area is 152 Å². The molecule has 1 amide bonds. The molecule has 0 aromatic heterocycles. The molecule has 0 saturated heterocycles. The fourth-order valence-electron chi connectivity index (χ4n) is 2.21. The third kappa shape index (κ3) is 8.11. The highest BCUT2D eigenvalue weighted by molar-refractivity contribution is 7.85. The van der Waals surface area contributed by atoms with Gasteiger partial charge >= 0.3 is 6.09 Å². The summed E-state index contributed by atoms with van der Waals surface area (Å²) in [5, 5.41) is 2.40. The predicted molar refractivity (Wildman–Crippen MR) is 96.1 cm³/mol. The molecule has 0 spiro atoms. The van der Waals surface area contributed by atoms with Crippen molar-refractivity contribution in [3.8, 4) is 0 Å². The summed E-state index contributed by atoms with van der Waals surface area (Å²) >= 11 is 0. The van der Waals surface area contributed by atoms with Gasteiger partial charge in [-0.1, -0.05) is 60.7 Å². The van der Waals surface area contributed by atoms with E-state index in [2.05, 4.69) is 5.32 Å². The minimum atomic E-state index is -4.28. The van der Waals surface area contributed by atoms with E-state index < -0.39 is 28.0 Å². The van der Waals surface area contributed by atoms with Crippen LogP contribution in [0.25, 0.3) is 0 Å². The zero-order valence-corrected chi connectivity index (χ0v) is 14.9. The average molecular weight is 379 g/mol. The van der Waals surface area contributed by atoms with E-state index >= 15 is 0 Å². The van der Waals surface area contributed by atoms with Crippen LogP contribution in [0.4, 0.5) is 4.79 Å². The van der Waals surface area contributed by atoms with Gasteiger partial charge in [-0.2, -0.15) is 8.42 Å². The monoisotopic (exact) mass is 379 g/mol. The van der Waals surface area contributed by atoms with E-state index in [9.17, 15) is 13.2 Å². The number of amides is 1. The molecule has 26 heavy (non-hydrogen) atoms. The number of hydrogen-bond donors (Lipinski definition) is 2. The Morgan fingerprint density at radius 3 is 2.04 bits per heavy atom. The van der Waals surface area contributed by atoms with Crippen LogP contribution in [0.1, 0.15) is 11.1 Å². The lowest BCUT2D eigenvalue weighted by Gasteiger charge is -2.17. The Bertz CT molecular complexity index is 780. The van der Waals surface area contributed by atoms with Crippen LogP contribution in [0.5, 0.6) is 0 Å². The van der Waals surface area contributed by atoms with Gasteiger partial charge in [-0.25, -0.2) is 4.79 Å². The van der Waals surface area contributed by atoms with Gasteiger partial charge in [0.15, 0.2) is 0 Å². The molecule has 0 aliphatic carbocycles. The predicted octanol–water partition coefficient (Wildman–Crippen LogP) is 2.39. The van der Waals surface area contributed by atoms with Crippen LogP contribution in [-0.2, 0) is 32.8 Å². The molecule has 0 radical (unpaired) electrons. The summed E-state index contributed by atoms with van der Waals surface area (Å²) in [5.74, 6) is -0.664. The van der Waals surface area contributed by atoms with E-state index in [1.54, 1.807) is 12.1 Å². The van der Waals surface area contributed by atoms with Crippen molar-refractivity contribution in [2.45, 2.75) is 19.3 Å². The van der Waals surface area contributed by atoms with Crippen molar-refractivity contribution >= 4 is 16.2 Å². The number of hydrogen-bond acceptors (Lipinski definition) is 5. The number of benzene rings is 2. The first kappa shape index (κ1) is 19.9. The first-order valence-corrected chi connectivity index (χ1v) is 9.57. The Morgan fingerprint density at radius 2 is 1.50 bits per heavy atom. The lowest BCUT2D eigenvalue weighted by Crippen LogP contribution is -2.43. The molecule has 2 N–H and O–H groups in total. The average Bonchev–Trinajstić information content (AvgIpc) is 2.60. The maximum absolute atomic E-state index is 11.9. The van der Waals surface area contributed by atoms with Gasteiger partial charge in [0.1, 0.15) is 6.61 Å². The SMILES string of the molecule is O=C(N[C@@H](COCc1ccccc1)CS(=O)(=O)O)OCc1ccccc1. The molecule has 2 aromatic carbocycles. The quantitative estimate of drug-likeness (QED) is 0.649. The van der Waals surface area contributed by atoms with Gasteiger partial charge in [0.05, 0.1) is 25.0 Å². The fraction of sp³-hybridized carbons (Fsp3) is 0.278. The summed E-state index contributed by atoms with van der Waals surface area (Å²) < 4.78 is 41.8. The molecule has 0 fully saturated rings. The summed E-state index contributed by atoms with van der Waals surface area (Å²) in [6, 6.07) is 17.4. The highest BCUT2D eigenvalue weighted by Crippen LogP contribution is 2.04. The van der Waals surface area contributed by atoms with Crippen LogP contribution in [0.15, 0.2) is 60.7 Å². The minimum absolute atomic E-state index is 0.0517. The van der Waals surface area contributed by atoms with E-state index in [1.165, 1.54) is 0 Å². The third-order valence-corrected chi connectivity index (χ3v) is 4.20. The smallest absolute Gasteiger partial charge is 0.407 e. The van der Waals surface area contributed by atoms with Crippen LogP contribution in [0, 0.1) is 0 Å². The lowest BCUT2D eigenvalue weighted by atomic mass is 10.2. The molecule has 0 unspecified atom stereocenters. The molecular weight excluding hydrogens is 358 g/mol. The van der Waals surface area contributed by atoms with Crippen LogP contribution in [-0.4, -0.2) is 37.5 Å². The Balaban J connectivity index is 1.84. The minimum Gasteiger partial charge on any atom is -0.445 e. The standard InChI is InChI=1S/C18H21NO6S/c20-18(25-12-16-9-5-2-6-10-16)19-17(14-26(21,22)23)13-24-11-15-7-3-1-4-8-15/h1-10,17H,11-14H2,(H,19,20)(H,21,22,23)/t17-/m0/s1. The molecule has 0 aliphatic rings. The molecule has 0 aliphatic heterocycles. The van der Waals surface area contributed by atoms with Gasteiger partial charge in [-0.3, -0.25) is 4.55 Å². The molecule has 0 bridgehead atoms. The van der Waals surface area contributed by atoms with Gasteiger partial charge in [0.2, 0.25) is 0 Å². The second-order valence-electron chi connectivity index (χ2n) is 5.65. The zero-order valence-electron chi connectivity index (χ0n) is 14.1. The number of carbonyl (C=O) groups excluding carboxylic acids is 1. The van der Waals surface area contributed by atoms with Crippen molar-refractivity contribution in [1.29, 1.82) is 0 Å². The first-order valence-electron chi connectivity index (χ1n) is 7.96. The molecule has 7 nitrogen and oxygen atoms in total. The van der Waals surface area contributed by atoms with Crippen molar-refractivity contribution in [2.75, 3.05) is 12.4 Å². The third-order valence-electron chi connectivity index (χ3n) is 3.38. The maximum Gasteiger partial charge on any atom is 0.407 e. The second-order valence-corrected chi connectivity index (χ2v) is 7.15. The molecule has 0 saturated carbocycles. The van der Waals surface area contributed by atoms with Crippen molar-refractivity contribution < 1.29 is 27.2 Å². The van der Waals surface area contributed by atoms with Crippen LogP contribution in [0.3, 0.4) is 0 Å². The topological polar surface area (TPSA) is 102 Å². The molecule has 2 aromatic rings. The van der Waals surface area contributed by atoms with E-state index in [0.29, 0.717) is 0 Å². The fourth-order valence-corrected chi connectivity index (χ4v) is 2.90. The highest BCUT2D eigenvalue weighted by Gasteiger charge is 2.20. The van der Waals surface area contributed by atoms with Crippen molar-refractivity contribution in [2.24, 2.45) is 0 Å². The highest BCUT2D eigenvalue weighted by atomic mass is 32.2. The lowest BCUT2D eigenvalue weighted by molar-refractivity contribution is 0.0930. The molecule has 2 rings (SSSR count). The summed E-state index contributed by atoms with van der Waals surface area (Å²) in [6.07, 6.45) is -0.786. The molecule has 8 heteroatoms. The first-order chi connectivity index (χ1) is 12.4. The van der Waals surface area contributed by atoms with E-state index in [0.717, 1.165) is 11.1 Å². The van der Waals surface area contributed by atoms with Crippen molar-refractivity contribution in [3.05, 3.63) is 71.8 Å². The Morgan fingerprint density at radius 1 is 0.962 bits per heavy atom. The number of nitrogens with one attached hydrogen (secondary N) is 1. The number of rotatable bonds is 9. The van der Waals surface area contributed by atoms with E-state index in [4.69, 9.17) is 14.0 Å². The summed E-state index contributed by atoms with van der Waals surface area (Å²) in [7, 11) is -4.28. The second kappa shape index (κ2) is 9.91. The molecule has 1 atom stereocenters. The van der Waals surface area contributed by atoms with Crippen molar-refractivity contribution in [1.82, 2.24) is 5.32 Å². The summed E-state index contributed by atoms with van der Waals surface area (Å²) in [4.78, 5) is 11.9. The van der Waals surface area contributed by atoms with Gasteiger partial charge < -0.3 is 14.8 Å². The van der Waals surface area contributed by atoms with Crippen LogP contribution >= 0.6 is 0 Å². The Kier molecular flexibility index (Phi) is 7.58. The Hall–Kier alpha value is -2.42. The van der Waals surface area contributed by atoms with E-state index in [-0.39, 0.29) is 19.8 Å². The van der Waals surface area contributed by atoms with Crippen molar-refractivity contribution in [3.63, 3.8) is 0 Å². The van der Waals surface area contributed by atoms with Gasteiger partial charge in [-0.15, -0.1) is 0 Å². The number of carbonyl (C=O) groups is 1. The normalized spacial score (nSPS) is 12.3. The van der Waals surface area contributed by atoms with Crippen LogP contribution < -0.4 is 5.32 Å². The molecule has 140 valence electrons. The largest absolute Gasteiger partial charge is 0.445 e. The van der Waals surface area contributed by atoms with Crippen LogP contribution in [0.2, 0.25) is 0 Å².